The van der Waals surface area contributed by atoms with Gasteiger partial charge in [-0.05, 0) is 24.1 Å². The van der Waals surface area contributed by atoms with Gasteiger partial charge in [-0.2, -0.15) is 0 Å². The molecule has 1 aromatic rings. The smallest absolute Gasteiger partial charge is 0.326 e. The molecule has 0 aliphatic heterocycles. The highest BCUT2D eigenvalue weighted by atomic mass is 32.2. The van der Waals surface area contributed by atoms with E-state index in [1.54, 1.807) is 13.8 Å². The number of benzene rings is 1. The van der Waals surface area contributed by atoms with Crippen molar-refractivity contribution in [2.24, 2.45) is 0 Å². The van der Waals surface area contributed by atoms with Crippen molar-refractivity contribution in [3.8, 4) is 0 Å². The second-order valence-electron chi connectivity index (χ2n) is 4.69. The molecule has 0 heterocycles. The fourth-order valence-corrected chi connectivity index (χ4v) is 2.87. The van der Waals surface area contributed by atoms with Crippen molar-refractivity contribution in [3.63, 3.8) is 0 Å². The van der Waals surface area contributed by atoms with Gasteiger partial charge < -0.3 is 10.4 Å². The fraction of sp³-hybridized carbons (Fsp3) is 0.429. The predicted octanol–water partition coefficient (Wildman–Crippen LogP) is 0.507. The molecule has 0 radical (unpaired) electrons. The number of carbonyl (C=O) groups is 2. The molecule has 22 heavy (non-hydrogen) atoms. The van der Waals surface area contributed by atoms with Gasteiger partial charge in [0, 0.05) is 6.54 Å². The van der Waals surface area contributed by atoms with Crippen LogP contribution in [-0.2, 0) is 26.0 Å². The fourth-order valence-electron chi connectivity index (χ4n) is 1.83. The number of hydrogen-bond acceptors (Lipinski definition) is 4. The minimum Gasteiger partial charge on any atom is -0.480 e. The molecule has 1 unspecified atom stereocenters. The molecule has 8 heteroatoms. The van der Waals surface area contributed by atoms with Crippen molar-refractivity contribution in [1.29, 1.82) is 0 Å². The van der Waals surface area contributed by atoms with Gasteiger partial charge in [0.05, 0.1) is 11.3 Å². The summed E-state index contributed by atoms with van der Waals surface area (Å²) >= 11 is 0. The maximum atomic E-state index is 11.8. The normalized spacial score (nSPS) is 12.6. The second-order valence-corrected chi connectivity index (χ2v) is 6.46. The number of rotatable bonds is 8. The highest BCUT2D eigenvalue weighted by Gasteiger charge is 2.18. The summed E-state index contributed by atoms with van der Waals surface area (Å²) in [6, 6.07) is 4.97. The molecule has 0 saturated carbocycles. The predicted molar refractivity (Wildman–Crippen MR) is 80.9 cm³/mol. The molecule has 0 spiro atoms. The SMILES string of the molecule is CCNS(=O)(=O)c1ccc(CC(=O)NC(CC)C(=O)O)cc1. The molecular weight excluding hydrogens is 308 g/mol. The average molecular weight is 328 g/mol. The standard InChI is InChI=1S/C14H20N2O5S/c1-3-12(14(18)19)16-13(17)9-10-5-7-11(8-6-10)22(20,21)15-4-2/h5-8,12,15H,3-4,9H2,1-2H3,(H,16,17)(H,18,19). The van der Waals surface area contributed by atoms with Crippen LogP contribution < -0.4 is 10.0 Å². The van der Waals surface area contributed by atoms with Crippen molar-refractivity contribution >= 4 is 21.9 Å². The van der Waals surface area contributed by atoms with E-state index in [2.05, 4.69) is 10.0 Å². The Morgan fingerprint density at radius 2 is 1.77 bits per heavy atom. The molecule has 0 aromatic heterocycles. The van der Waals surface area contributed by atoms with Gasteiger partial charge in [-0.3, -0.25) is 4.79 Å². The van der Waals surface area contributed by atoms with Crippen LogP contribution in [0.15, 0.2) is 29.2 Å². The third-order valence-electron chi connectivity index (χ3n) is 2.97. The lowest BCUT2D eigenvalue weighted by Gasteiger charge is -2.12. The molecule has 0 aliphatic carbocycles. The number of sulfonamides is 1. The van der Waals surface area contributed by atoms with Crippen LogP contribution in [0.4, 0.5) is 0 Å². The van der Waals surface area contributed by atoms with Crippen LogP contribution >= 0.6 is 0 Å². The third-order valence-corrected chi connectivity index (χ3v) is 4.54. The Morgan fingerprint density at radius 3 is 2.23 bits per heavy atom. The lowest BCUT2D eigenvalue weighted by Crippen LogP contribution is -2.40. The Bertz CT molecular complexity index is 625. The molecule has 0 aliphatic rings. The highest BCUT2D eigenvalue weighted by molar-refractivity contribution is 7.89. The molecule has 1 amide bonds. The number of amides is 1. The first kappa shape index (κ1) is 18.1. The Kier molecular flexibility index (Phi) is 6.51. The molecule has 0 bridgehead atoms. The maximum absolute atomic E-state index is 11.8. The summed E-state index contributed by atoms with van der Waals surface area (Å²) < 4.78 is 25.9. The molecule has 3 N–H and O–H groups in total. The van der Waals surface area contributed by atoms with E-state index < -0.39 is 27.9 Å². The van der Waals surface area contributed by atoms with Gasteiger partial charge in [0.2, 0.25) is 15.9 Å². The Hall–Kier alpha value is -1.93. The number of nitrogens with one attached hydrogen (secondary N) is 2. The summed E-state index contributed by atoms with van der Waals surface area (Å²) in [6.07, 6.45) is 0.284. The average Bonchev–Trinajstić information content (AvgIpc) is 2.45. The van der Waals surface area contributed by atoms with E-state index in [4.69, 9.17) is 5.11 Å². The molecule has 7 nitrogen and oxygen atoms in total. The zero-order valence-corrected chi connectivity index (χ0v) is 13.3. The highest BCUT2D eigenvalue weighted by Crippen LogP contribution is 2.11. The number of carboxylic acid groups (broad SMARTS) is 1. The van der Waals surface area contributed by atoms with Crippen LogP contribution in [0.25, 0.3) is 0 Å². The topological polar surface area (TPSA) is 113 Å². The van der Waals surface area contributed by atoms with E-state index in [0.29, 0.717) is 18.5 Å². The molecule has 0 fully saturated rings. The lowest BCUT2D eigenvalue weighted by molar-refractivity contribution is -0.141. The van der Waals surface area contributed by atoms with Crippen LogP contribution in [0, 0.1) is 0 Å². The van der Waals surface area contributed by atoms with Crippen LogP contribution in [0.1, 0.15) is 25.8 Å². The largest absolute Gasteiger partial charge is 0.480 e. The maximum Gasteiger partial charge on any atom is 0.326 e. The summed E-state index contributed by atoms with van der Waals surface area (Å²) in [6.45, 7) is 3.64. The molecule has 1 aromatic carbocycles. The van der Waals surface area contributed by atoms with Crippen molar-refractivity contribution < 1.29 is 23.1 Å². The summed E-state index contributed by atoms with van der Waals surface area (Å²) in [5.41, 5.74) is 0.605. The van der Waals surface area contributed by atoms with Gasteiger partial charge in [-0.25, -0.2) is 17.9 Å². The van der Waals surface area contributed by atoms with Crippen molar-refractivity contribution in [2.45, 2.75) is 37.6 Å². The van der Waals surface area contributed by atoms with Gasteiger partial charge in [0.25, 0.3) is 0 Å². The number of hydrogen-bond donors (Lipinski definition) is 3. The van der Waals surface area contributed by atoms with E-state index in [0.717, 1.165) is 0 Å². The first-order valence-corrected chi connectivity index (χ1v) is 8.39. The van der Waals surface area contributed by atoms with Crippen LogP contribution in [0.3, 0.4) is 0 Å². The monoisotopic (exact) mass is 328 g/mol. The van der Waals surface area contributed by atoms with E-state index in [1.165, 1.54) is 24.3 Å². The number of carbonyl (C=O) groups excluding carboxylic acids is 1. The van der Waals surface area contributed by atoms with E-state index >= 15 is 0 Å². The van der Waals surface area contributed by atoms with E-state index in [-0.39, 0.29) is 11.3 Å². The van der Waals surface area contributed by atoms with Crippen LogP contribution in [0.5, 0.6) is 0 Å². The Balaban J connectivity index is 2.72. The Morgan fingerprint density at radius 1 is 1.18 bits per heavy atom. The van der Waals surface area contributed by atoms with Gasteiger partial charge in [0.15, 0.2) is 0 Å². The molecule has 1 atom stereocenters. The van der Waals surface area contributed by atoms with Crippen LogP contribution in [-0.4, -0.2) is 38.0 Å². The second kappa shape index (κ2) is 7.90. The summed E-state index contributed by atoms with van der Waals surface area (Å²) in [5, 5.41) is 11.3. The molecule has 0 saturated heterocycles. The third kappa shape index (κ3) is 5.12. The van der Waals surface area contributed by atoms with Crippen LogP contribution in [0.2, 0.25) is 0 Å². The van der Waals surface area contributed by atoms with Crippen molar-refractivity contribution in [1.82, 2.24) is 10.0 Å². The first-order valence-electron chi connectivity index (χ1n) is 6.91. The van der Waals surface area contributed by atoms with Gasteiger partial charge in [-0.15, -0.1) is 0 Å². The quantitative estimate of drug-likeness (QED) is 0.643. The molecule has 122 valence electrons. The van der Waals surface area contributed by atoms with E-state index in [1.807, 2.05) is 0 Å². The number of aliphatic carboxylic acids is 1. The summed E-state index contributed by atoms with van der Waals surface area (Å²) in [4.78, 5) is 22.7. The lowest BCUT2D eigenvalue weighted by atomic mass is 10.1. The number of carboxylic acids is 1. The minimum atomic E-state index is -3.52. The zero-order valence-electron chi connectivity index (χ0n) is 12.5. The van der Waals surface area contributed by atoms with Gasteiger partial charge in [0.1, 0.15) is 6.04 Å². The zero-order chi connectivity index (χ0) is 16.8. The Labute approximate surface area is 129 Å². The summed E-state index contributed by atoms with van der Waals surface area (Å²) in [7, 11) is -3.52. The first-order chi connectivity index (χ1) is 10.3. The molecule has 1 rings (SSSR count). The molecular formula is C14H20N2O5S. The summed E-state index contributed by atoms with van der Waals surface area (Å²) in [5.74, 6) is -1.50. The van der Waals surface area contributed by atoms with Gasteiger partial charge >= 0.3 is 5.97 Å². The van der Waals surface area contributed by atoms with Crippen molar-refractivity contribution in [3.05, 3.63) is 29.8 Å². The minimum absolute atomic E-state index is 0.00862. The van der Waals surface area contributed by atoms with E-state index in [9.17, 15) is 18.0 Å². The van der Waals surface area contributed by atoms with Gasteiger partial charge in [-0.1, -0.05) is 26.0 Å². The van der Waals surface area contributed by atoms with Crippen molar-refractivity contribution in [2.75, 3.05) is 6.54 Å².